The van der Waals surface area contributed by atoms with Gasteiger partial charge in [0.05, 0.1) is 11.5 Å². The van der Waals surface area contributed by atoms with Gasteiger partial charge in [0.25, 0.3) is 0 Å². The van der Waals surface area contributed by atoms with E-state index in [2.05, 4.69) is 0 Å². The molecule has 1 rings (SSSR count). The molecule has 14 heavy (non-hydrogen) atoms. The Morgan fingerprint density at radius 3 is 2.71 bits per heavy atom. The summed E-state index contributed by atoms with van der Waals surface area (Å²) >= 11 is 0. The summed E-state index contributed by atoms with van der Waals surface area (Å²) in [7, 11) is 0. The van der Waals surface area contributed by atoms with Gasteiger partial charge in [-0.15, -0.1) is 0 Å². The number of nitro groups is 1. The maximum absolute atomic E-state index is 10.6. The zero-order chi connectivity index (χ0) is 10.7. The largest absolute Gasteiger partial charge is 0.487 e. The SMILES string of the molecule is CCOc1cc(C)c(N)cc1[N+](=O)[O-]. The van der Waals surface area contributed by atoms with Gasteiger partial charge in [0.15, 0.2) is 5.75 Å². The van der Waals surface area contributed by atoms with Crippen molar-refractivity contribution in [1.82, 2.24) is 0 Å². The van der Waals surface area contributed by atoms with E-state index in [0.717, 1.165) is 5.56 Å². The summed E-state index contributed by atoms with van der Waals surface area (Å²) in [6.07, 6.45) is 0. The Labute approximate surface area is 81.6 Å². The van der Waals surface area contributed by atoms with Crippen LogP contribution in [0.25, 0.3) is 0 Å². The number of nitrogens with zero attached hydrogens (tertiary/aromatic N) is 1. The third-order valence-corrected chi connectivity index (χ3v) is 1.84. The van der Waals surface area contributed by atoms with Crippen molar-refractivity contribution in [2.45, 2.75) is 13.8 Å². The van der Waals surface area contributed by atoms with Crippen LogP contribution in [-0.4, -0.2) is 11.5 Å². The van der Waals surface area contributed by atoms with Gasteiger partial charge in [-0.3, -0.25) is 10.1 Å². The van der Waals surface area contributed by atoms with Crippen LogP contribution in [0.3, 0.4) is 0 Å². The molecule has 0 aliphatic rings. The van der Waals surface area contributed by atoms with E-state index < -0.39 is 4.92 Å². The first-order valence-electron chi connectivity index (χ1n) is 4.23. The fourth-order valence-corrected chi connectivity index (χ4v) is 1.10. The summed E-state index contributed by atoms with van der Waals surface area (Å²) in [6.45, 7) is 3.95. The quantitative estimate of drug-likeness (QED) is 0.454. The molecule has 0 aliphatic carbocycles. The molecule has 0 bridgehead atoms. The van der Waals surface area contributed by atoms with E-state index in [0.29, 0.717) is 12.3 Å². The fraction of sp³-hybridized carbons (Fsp3) is 0.333. The van der Waals surface area contributed by atoms with E-state index in [1.807, 2.05) is 0 Å². The number of hydrogen-bond donors (Lipinski definition) is 1. The molecule has 0 unspecified atom stereocenters. The Balaban J connectivity index is 3.24. The normalized spacial score (nSPS) is 9.86. The van der Waals surface area contributed by atoms with Gasteiger partial charge in [-0.25, -0.2) is 0 Å². The minimum Gasteiger partial charge on any atom is -0.487 e. The number of nitrogen functional groups attached to an aromatic ring is 1. The molecule has 2 N–H and O–H groups in total. The van der Waals surface area contributed by atoms with E-state index in [-0.39, 0.29) is 11.4 Å². The van der Waals surface area contributed by atoms with Gasteiger partial charge in [-0.05, 0) is 25.5 Å². The topological polar surface area (TPSA) is 78.4 Å². The Bertz CT molecular complexity index is 363. The summed E-state index contributed by atoms with van der Waals surface area (Å²) in [5.74, 6) is 0.268. The minimum absolute atomic E-state index is 0.0880. The molecule has 0 saturated carbocycles. The highest BCUT2D eigenvalue weighted by atomic mass is 16.6. The van der Waals surface area contributed by atoms with Crippen LogP contribution in [0.1, 0.15) is 12.5 Å². The molecule has 0 aliphatic heterocycles. The third-order valence-electron chi connectivity index (χ3n) is 1.84. The zero-order valence-electron chi connectivity index (χ0n) is 8.11. The lowest BCUT2D eigenvalue weighted by Crippen LogP contribution is -2.00. The van der Waals surface area contributed by atoms with Crippen LogP contribution < -0.4 is 10.5 Å². The average Bonchev–Trinajstić information content (AvgIpc) is 2.11. The minimum atomic E-state index is -0.499. The Morgan fingerprint density at radius 1 is 1.57 bits per heavy atom. The van der Waals surface area contributed by atoms with Gasteiger partial charge in [0.2, 0.25) is 0 Å². The fourth-order valence-electron chi connectivity index (χ4n) is 1.10. The van der Waals surface area contributed by atoms with E-state index in [4.69, 9.17) is 10.5 Å². The lowest BCUT2D eigenvalue weighted by Gasteiger charge is -2.06. The molecule has 0 aromatic heterocycles. The Hall–Kier alpha value is -1.78. The first-order valence-corrected chi connectivity index (χ1v) is 4.23. The molecule has 0 atom stereocenters. The highest BCUT2D eigenvalue weighted by Gasteiger charge is 2.16. The van der Waals surface area contributed by atoms with Crippen LogP contribution in [0, 0.1) is 17.0 Å². The molecule has 5 heteroatoms. The maximum atomic E-state index is 10.6. The van der Waals surface area contributed by atoms with Crippen LogP contribution in [-0.2, 0) is 0 Å². The summed E-state index contributed by atoms with van der Waals surface area (Å²) in [4.78, 5) is 10.1. The second-order valence-electron chi connectivity index (χ2n) is 2.87. The van der Waals surface area contributed by atoms with Gasteiger partial charge >= 0.3 is 5.69 Å². The number of ether oxygens (including phenoxy) is 1. The third kappa shape index (κ3) is 1.93. The smallest absolute Gasteiger partial charge is 0.312 e. The Kier molecular flexibility index (Phi) is 2.91. The molecule has 0 amide bonds. The number of aryl methyl sites for hydroxylation is 1. The number of nitrogens with two attached hydrogens (primary N) is 1. The lowest BCUT2D eigenvalue weighted by atomic mass is 10.1. The maximum Gasteiger partial charge on any atom is 0.312 e. The number of rotatable bonds is 3. The van der Waals surface area contributed by atoms with Gasteiger partial charge < -0.3 is 10.5 Å². The highest BCUT2D eigenvalue weighted by molar-refractivity contribution is 5.60. The van der Waals surface area contributed by atoms with Crippen molar-refractivity contribution in [2.24, 2.45) is 0 Å². The summed E-state index contributed by atoms with van der Waals surface area (Å²) in [5.41, 5.74) is 6.66. The summed E-state index contributed by atoms with van der Waals surface area (Å²) < 4.78 is 5.14. The van der Waals surface area contributed by atoms with E-state index >= 15 is 0 Å². The first-order chi connectivity index (χ1) is 6.56. The molecule has 5 nitrogen and oxygen atoms in total. The summed E-state index contributed by atoms with van der Waals surface area (Å²) in [5, 5.41) is 10.6. The van der Waals surface area contributed by atoms with Crippen molar-refractivity contribution in [1.29, 1.82) is 0 Å². The first kappa shape index (κ1) is 10.3. The van der Waals surface area contributed by atoms with Crippen molar-refractivity contribution < 1.29 is 9.66 Å². The molecule has 0 spiro atoms. The molecule has 0 radical (unpaired) electrons. The van der Waals surface area contributed by atoms with Gasteiger partial charge in [0.1, 0.15) is 0 Å². The standard InChI is InChI=1S/C9H12N2O3/c1-3-14-9-4-6(2)7(10)5-8(9)11(12)13/h4-5H,3,10H2,1-2H3. The average molecular weight is 196 g/mol. The monoisotopic (exact) mass is 196 g/mol. The predicted molar refractivity (Wildman–Crippen MR) is 53.4 cm³/mol. The van der Waals surface area contributed by atoms with Crippen LogP contribution in [0.15, 0.2) is 12.1 Å². The molecule has 0 saturated heterocycles. The van der Waals surface area contributed by atoms with Crippen LogP contribution in [0.2, 0.25) is 0 Å². The molecule has 1 aromatic carbocycles. The van der Waals surface area contributed by atoms with Crippen molar-refractivity contribution in [3.63, 3.8) is 0 Å². The second-order valence-corrected chi connectivity index (χ2v) is 2.87. The van der Waals surface area contributed by atoms with Crippen LogP contribution in [0.5, 0.6) is 5.75 Å². The Morgan fingerprint density at radius 2 is 2.21 bits per heavy atom. The summed E-state index contributed by atoms with van der Waals surface area (Å²) in [6, 6.07) is 2.90. The molecule has 0 fully saturated rings. The van der Waals surface area contributed by atoms with Gasteiger partial charge in [-0.2, -0.15) is 0 Å². The van der Waals surface area contributed by atoms with Crippen molar-refractivity contribution in [3.8, 4) is 5.75 Å². The molecular formula is C9H12N2O3. The second kappa shape index (κ2) is 3.95. The van der Waals surface area contributed by atoms with Gasteiger partial charge in [-0.1, -0.05) is 0 Å². The van der Waals surface area contributed by atoms with Crippen molar-refractivity contribution >= 4 is 11.4 Å². The van der Waals surface area contributed by atoms with Gasteiger partial charge in [0, 0.05) is 11.8 Å². The van der Waals surface area contributed by atoms with Crippen molar-refractivity contribution in [2.75, 3.05) is 12.3 Å². The highest BCUT2D eigenvalue weighted by Crippen LogP contribution is 2.31. The molecular weight excluding hydrogens is 184 g/mol. The molecule has 1 aromatic rings. The van der Waals surface area contributed by atoms with Crippen molar-refractivity contribution in [3.05, 3.63) is 27.8 Å². The van der Waals surface area contributed by atoms with E-state index in [1.54, 1.807) is 19.9 Å². The number of anilines is 1. The predicted octanol–water partition coefficient (Wildman–Crippen LogP) is 1.88. The molecule has 0 heterocycles. The zero-order valence-corrected chi connectivity index (χ0v) is 8.11. The van der Waals surface area contributed by atoms with E-state index in [1.165, 1.54) is 6.07 Å². The molecule has 76 valence electrons. The number of hydrogen-bond acceptors (Lipinski definition) is 4. The lowest BCUT2D eigenvalue weighted by molar-refractivity contribution is -0.385. The number of nitro benzene ring substituents is 1. The number of benzene rings is 1. The van der Waals surface area contributed by atoms with Crippen LogP contribution in [0.4, 0.5) is 11.4 Å². The van der Waals surface area contributed by atoms with E-state index in [9.17, 15) is 10.1 Å². The van der Waals surface area contributed by atoms with Crippen LogP contribution >= 0.6 is 0 Å².